The lowest BCUT2D eigenvalue weighted by molar-refractivity contribution is 0.0958. The van der Waals surface area contributed by atoms with Crippen LogP contribution in [0.5, 0.6) is 0 Å². The lowest BCUT2D eigenvalue weighted by Gasteiger charge is -2.34. The first-order valence-electron chi connectivity index (χ1n) is 8.50. The minimum absolute atomic E-state index is 0.105. The topological polar surface area (TPSA) is 102 Å². The highest BCUT2D eigenvalue weighted by atomic mass is 16.1. The number of nitrogens with one attached hydrogen (secondary N) is 2. The van der Waals surface area contributed by atoms with Crippen molar-refractivity contribution < 1.29 is 4.79 Å². The molecule has 2 aromatic heterocycles. The maximum Gasteiger partial charge on any atom is 0.269 e. The van der Waals surface area contributed by atoms with E-state index in [0.717, 1.165) is 25.9 Å². The predicted molar refractivity (Wildman–Crippen MR) is 93.6 cm³/mol. The fourth-order valence-electron chi connectivity index (χ4n) is 3.74. The molecule has 0 unspecified atom stereocenters. The molecule has 0 bridgehead atoms. The monoisotopic (exact) mass is 337 g/mol. The minimum atomic E-state index is -0.411. The molecule has 4 rings (SSSR count). The Kier molecular flexibility index (Phi) is 3.49. The number of hydrogen-bond acceptors (Lipinski definition) is 5. The molecule has 1 amide bonds. The van der Waals surface area contributed by atoms with Gasteiger partial charge < -0.3 is 15.2 Å². The van der Waals surface area contributed by atoms with Crippen molar-refractivity contribution in [2.24, 2.45) is 5.41 Å². The van der Waals surface area contributed by atoms with Crippen LogP contribution in [-0.4, -0.2) is 36.0 Å². The van der Waals surface area contributed by atoms with Crippen molar-refractivity contribution in [3.8, 4) is 6.07 Å². The van der Waals surface area contributed by atoms with E-state index in [4.69, 9.17) is 0 Å². The molecule has 25 heavy (non-hydrogen) atoms. The summed E-state index contributed by atoms with van der Waals surface area (Å²) in [7, 11) is 1.54. The predicted octanol–water partition coefficient (Wildman–Crippen LogP) is 1.53. The van der Waals surface area contributed by atoms with Crippen molar-refractivity contribution in [1.29, 1.82) is 5.26 Å². The molecule has 7 nitrogen and oxygen atoms in total. The van der Waals surface area contributed by atoms with Crippen LogP contribution in [0.3, 0.4) is 0 Å². The zero-order chi connectivity index (χ0) is 17.6. The number of aromatic amines is 1. The lowest BCUT2D eigenvalue weighted by atomic mass is 9.92. The van der Waals surface area contributed by atoms with Crippen molar-refractivity contribution in [2.75, 3.05) is 25.0 Å². The number of amides is 1. The van der Waals surface area contributed by atoms with Crippen molar-refractivity contribution in [3.05, 3.63) is 33.9 Å². The third kappa shape index (κ3) is 2.54. The zero-order valence-corrected chi connectivity index (χ0v) is 14.1. The molecule has 2 fully saturated rings. The molecule has 2 N–H and O–H groups in total. The van der Waals surface area contributed by atoms with Crippen LogP contribution in [0.4, 0.5) is 5.69 Å². The molecule has 7 heteroatoms. The Hall–Kier alpha value is -2.88. The number of fused-ring (bicyclic) bond motifs is 1. The van der Waals surface area contributed by atoms with Crippen molar-refractivity contribution in [3.63, 3.8) is 0 Å². The van der Waals surface area contributed by atoms with E-state index in [1.807, 2.05) is 6.07 Å². The third-order valence-corrected chi connectivity index (χ3v) is 5.54. The standard InChI is InChI=1S/C18H19N5O2/c1-20-17(25)13-8-11-14(10-21-13)22-16(24)12(9-19)15(11)23-6-4-18(2-3-18)5-7-23/h8,10H,2-7H2,1H3,(H,20,25)(H,22,24). The fourth-order valence-corrected chi connectivity index (χ4v) is 3.74. The number of aromatic nitrogens is 2. The zero-order valence-electron chi connectivity index (χ0n) is 14.1. The average Bonchev–Trinajstić information content (AvgIpc) is 3.39. The Morgan fingerprint density at radius 3 is 2.68 bits per heavy atom. The van der Waals surface area contributed by atoms with Gasteiger partial charge in [-0.1, -0.05) is 0 Å². The average molecular weight is 337 g/mol. The molecule has 0 aromatic carbocycles. The van der Waals surface area contributed by atoms with Crippen molar-refractivity contribution >= 4 is 22.5 Å². The molecule has 128 valence electrons. The number of pyridine rings is 2. The summed E-state index contributed by atoms with van der Waals surface area (Å²) in [5.41, 5.74) is 1.62. The van der Waals surface area contributed by atoms with E-state index >= 15 is 0 Å². The first kappa shape index (κ1) is 15.6. The molecule has 1 saturated heterocycles. The summed E-state index contributed by atoms with van der Waals surface area (Å²) in [6.45, 7) is 1.65. The van der Waals surface area contributed by atoms with Crippen LogP contribution in [0, 0.1) is 16.7 Å². The summed E-state index contributed by atoms with van der Waals surface area (Å²) in [6.07, 6.45) is 6.22. The summed E-state index contributed by atoms with van der Waals surface area (Å²) in [6, 6.07) is 3.70. The van der Waals surface area contributed by atoms with Gasteiger partial charge in [-0.25, -0.2) is 4.98 Å². The highest BCUT2D eigenvalue weighted by Gasteiger charge is 2.44. The Bertz CT molecular complexity index is 958. The Morgan fingerprint density at radius 2 is 2.08 bits per heavy atom. The van der Waals surface area contributed by atoms with E-state index in [2.05, 4.69) is 20.2 Å². The molecule has 2 aliphatic rings. The molecule has 1 saturated carbocycles. The van der Waals surface area contributed by atoms with E-state index in [-0.39, 0.29) is 17.2 Å². The summed E-state index contributed by atoms with van der Waals surface area (Å²) < 4.78 is 0. The number of nitrogens with zero attached hydrogens (tertiary/aromatic N) is 3. The number of nitriles is 1. The molecular weight excluding hydrogens is 318 g/mol. The summed E-state index contributed by atoms with van der Waals surface area (Å²) >= 11 is 0. The molecule has 3 heterocycles. The highest BCUT2D eigenvalue weighted by molar-refractivity contribution is 6.00. The molecule has 0 atom stereocenters. The van der Waals surface area contributed by atoms with Gasteiger partial charge in [0.05, 0.1) is 17.4 Å². The van der Waals surface area contributed by atoms with Gasteiger partial charge in [-0.15, -0.1) is 0 Å². The van der Waals surface area contributed by atoms with Gasteiger partial charge in [0.25, 0.3) is 11.5 Å². The number of rotatable bonds is 2. The van der Waals surface area contributed by atoms with Crippen LogP contribution in [0.15, 0.2) is 17.1 Å². The number of carbonyl (C=O) groups excluding carboxylic acids is 1. The maximum absolute atomic E-state index is 12.3. The molecular formula is C18H19N5O2. The third-order valence-electron chi connectivity index (χ3n) is 5.54. The van der Waals surface area contributed by atoms with Gasteiger partial charge in [0, 0.05) is 25.5 Å². The SMILES string of the molecule is CNC(=O)c1cc2c(N3CCC4(CC3)CC4)c(C#N)c(=O)[nH]c2cn1. The molecule has 1 spiro atoms. The van der Waals surface area contributed by atoms with Crippen LogP contribution in [0.25, 0.3) is 10.9 Å². The number of carbonyl (C=O) groups is 1. The minimum Gasteiger partial charge on any atom is -0.370 e. The first-order valence-corrected chi connectivity index (χ1v) is 8.50. The van der Waals surface area contributed by atoms with Gasteiger partial charge in [-0.3, -0.25) is 9.59 Å². The lowest BCUT2D eigenvalue weighted by Crippen LogP contribution is -2.36. The molecule has 1 aliphatic heterocycles. The van der Waals surface area contributed by atoms with Crippen molar-refractivity contribution in [2.45, 2.75) is 25.7 Å². The largest absolute Gasteiger partial charge is 0.370 e. The van der Waals surface area contributed by atoms with Gasteiger partial charge in [0.2, 0.25) is 0 Å². The van der Waals surface area contributed by atoms with Gasteiger partial charge in [0.15, 0.2) is 0 Å². The van der Waals surface area contributed by atoms with Crippen LogP contribution in [0.2, 0.25) is 0 Å². The summed E-state index contributed by atoms with van der Waals surface area (Å²) in [5, 5.41) is 12.8. The second-order valence-corrected chi connectivity index (χ2v) is 6.97. The van der Waals surface area contributed by atoms with Gasteiger partial charge in [-0.05, 0) is 37.2 Å². The number of H-pyrrole nitrogens is 1. The van der Waals surface area contributed by atoms with Gasteiger partial charge in [-0.2, -0.15) is 5.26 Å². The molecule has 2 aromatic rings. The smallest absolute Gasteiger partial charge is 0.269 e. The van der Waals surface area contributed by atoms with Crippen LogP contribution in [0.1, 0.15) is 41.7 Å². The van der Waals surface area contributed by atoms with Crippen LogP contribution >= 0.6 is 0 Å². The Morgan fingerprint density at radius 1 is 1.36 bits per heavy atom. The van der Waals surface area contributed by atoms with Crippen molar-refractivity contribution in [1.82, 2.24) is 15.3 Å². The highest BCUT2D eigenvalue weighted by Crippen LogP contribution is 2.54. The second-order valence-electron chi connectivity index (χ2n) is 6.97. The maximum atomic E-state index is 12.3. The molecule has 0 radical (unpaired) electrons. The van der Waals surface area contributed by atoms with Crippen LogP contribution in [-0.2, 0) is 0 Å². The van der Waals surface area contributed by atoms with E-state index in [9.17, 15) is 14.9 Å². The van der Waals surface area contributed by atoms with E-state index in [0.29, 0.717) is 22.0 Å². The molecule has 1 aliphatic carbocycles. The van der Waals surface area contributed by atoms with E-state index < -0.39 is 5.56 Å². The number of piperidine rings is 1. The van der Waals surface area contributed by atoms with E-state index in [1.54, 1.807) is 13.1 Å². The Balaban J connectivity index is 1.88. The first-order chi connectivity index (χ1) is 12.1. The van der Waals surface area contributed by atoms with E-state index in [1.165, 1.54) is 19.0 Å². The summed E-state index contributed by atoms with van der Waals surface area (Å²) in [5.74, 6) is -0.298. The van der Waals surface area contributed by atoms with Crippen LogP contribution < -0.4 is 15.8 Å². The fraction of sp³-hybridized carbons (Fsp3) is 0.444. The summed E-state index contributed by atoms with van der Waals surface area (Å²) in [4.78, 5) is 33.2. The van der Waals surface area contributed by atoms with Gasteiger partial charge >= 0.3 is 0 Å². The Labute approximate surface area is 144 Å². The number of hydrogen-bond donors (Lipinski definition) is 2. The second kappa shape index (κ2) is 5.59. The van der Waals surface area contributed by atoms with Gasteiger partial charge in [0.1, 0.15) is 17.3 Å². The number of anilines is 1. The quantitative estimate of drug-likeness (QED) is 0.865. The normalized spacial score (nSPS) is 18.2.